The quantitative estimate of drug-likeness (QED) is 0.298. The number of benzene rings is 1. The van der Waals surface area contributed by atoms with Crippen molar-refractivity contribution < 1.29 is 23.0 Å². The normalized spacial score (nSPS) is 20.7. The van der Waals surface area contributed by atoms with E-state index in [0.717, 1.165) is 31.2 Å². The Morgan fingerprint density at radius 3 is 2.84 bits per heavy atom. The Bertz CT molecular complexity index is 1160. The average Bonchev–Trinajstić information content (AvgIpc) is 3.05. The number of nitrogens with zero attached hydrogens (tertiary/aromatic N) is 3. The second kappa shape index (κ2) is 13.5. The predicted octanol–water partition coefficient (Wildman–Crippen LogP) is 2.64. The summed E-state index contributed by atoms with van der Waals surface area (Å²) >= 11 is 4.11. The van der Waals surface area contributed by atoms with E-state index in [0.29, 0.717) is 60.2 Å². The fraction of sp³-hybridized carbons (Fsp3) is 0.542. The van der Waals surface area contributed by atoms with Gasteiger partial charge < -0.3 is 30.0 Å². The second-order valence-electron chi connectivity index (χ2n) is 9.35. The molecule has 1 aliphatic heterocycles. The van der Waals surface area contributed by atoms with E-state index in [1.54, 1.807) is 14.2 Å². The minimum atomic E-state index is -2.31. The van der Waals surface area contributed by atoms with Crippen molar-refractivity contribution in [3.63, 3.8) is 0 Å². The molecular weight excluding hydrogens is 534 g/mol. The van der Waals surface area contributed by atoms with Crippen LogP contribution in [0.3, 0.4) is 0 Å². The fourth-order valence-corrected chi connectivity index (χ4v) is 5.34. The first kappa shape index (κ1) is 28.5. The van der Waals surface area contributed by atoms with Crippen molar-refractivity contribution in [3.05, 3.63) is 28.9 Å². The van der Waals surface area contributed by atoms with Gasteiger partial charge in [-0.1, -0.05) is 24.4 Å². The lowest BCUT2D eigenvalue weighted by atomic mass is 9.84. The molecule has 3 atom stereocenters. The standard InChI is InChI=1S/C24H34ClN7O5S/c1-36-8-7-32-13-16-9-21(37-2)20(10-19(16)28-22(33)14-32)30-24-26-12-17(25)23(31-24)29-18-6-4-3-5-15(18)11-27-38(34)35/h9-10,12,15,18,27H,3-8,11,13-14H2,1-2H3,(H,28,33)(H,34,35)(H2,26,29,30,31)/p-1/t15-,18-/m1/s1. The smallest absolute Gasteiger partial charge is 0.238 e. The van der Waals surface area contributed by atoms with Crippen LogP contribution < -0.4 is 25.4 Å². The van der Waals surface area contributed by atoms with Crippen LogP contribution in [0, 0.1) is 5.92 Å². The van der Waals surface area contributed by atoms with Gasteiger partial charge in [0, 0.05) is 49.7 Å². The number of carbonyl (C=O) groups is 1. The van der Waals surface area contributed by atoms with Crippen LogP contribution in [0.15, 0.2) is 18.3 Å². The number of aromatic nitrogens is 2. The molecule has 1 amide bonds. The number of amides is 1. The molecule has 0 radical (unpaired) electrons. The van der Waals surface area contributed by atoms with Gasteiger partial charge in [0.2, 0.25) is 11.9 Å². The first-order valence-corrected chi connectivity index (χ1v) is 13.9. The van der Waals surface area contributed by atoms with Crippen LogP contribution in [0.5, 0.6) is 5.75 Å². The zero-order valence-corrected chi connectivity index (χ0v) is 23.0. The highest BCUT2D eigenvalue weighted by molar-refractivity contribution is 7.77. The van der Waals surface area contributed by atoms with Crippen LogP contribution in [0.2, 0.25) is 5.02 Å². The molecule has 2 aliphatic rings. The summed E-state index contributed by atoms with van der Waals surface area (Å²) in [6.07, 6.45) is 5.35. The predicted molar refractivity (Wildman–Crippen MR) is 145 cm³/mol. The molecule has 12 nitrogen and oxygen atoms in total. The highest BCUT2D eigenvalue weighted by Crippen LogP contribution is 2.35. The summed E-state index contributed by atoms with van der Waals surface area (Å²) in [7, 11) is 3.21. The van der Waals surface area contributed by atoms with Crippen LogP contribution >= 0.6 is 11.6 Å². The van der Waals surface area contributed by atoms with Crippen molar-refractivity contribution in [1.29, 1.82) is 0 Å². The van der Waals surface area contributed by atoms with E-state index in [1.165, 1.54) is 6.20 Å². The monoisotopic (exact) mass is 566 g/mol. The summed E-state index contributed by atoms with van der Waals surface area (Å²) in [6, 6.07) is 3.71. The third-order valence-corrected chi connectivity index (χ3v) is 7.44. The number of methoxy groups -OCH3 is 2. The fourth-order valence-electron chi connectivity index (χ4n) is 4.85. The van der Waals surface area contributed by atoms with Crippen molar-refractivity contribution in [2.45, 2.75) is 38.3 Å². The molecule has 4 rings (SSSR count). The molecule has 4 N–H and O–H groups in total. The van der Waals surface area contributed by atoms with Gasteiger partial charge in [0.25, 0.3) is 0 Å². The van der Waals surface area contributed by atoms with Crippen molar-refractivity contribution in [2.75, 3.05) is 56.4 Å². The Balaban J connectivity index is 1.53. The van der Waals surface area contributed by atoms with Crippen LogP contribution in [-0.2, 0) is 27.3 Å². The van der Waals surface area contributed by atoms with Crippen molar-refractivity contribution in [3.8, 4) is 5.75 Å². The van der Waals surface area contributed by atoms with Crippen molar-refractivity contribution in [1.82, 2.24) is 19.6 Å². The van der Waals surface area contributed by atoms with E-state index >= 15 is 0 Å². The van der Waals surface area contributed by atoms with E-state index in [2.05, 4.69) is 30.6 Å². The molecule has 0 bridgehead atoms. The third kappa shape index (κ3) is 7.52. The molecule has 38 heavy (non-hydrogen) atoms. The average molecular weight is 567 g/mol. The van der Waals surface area contributed by atoms with Gasteiger partial charge in [-0.05, 0) is 36.5 Å². The lowest BCUT2D eigenvalue weighted by Gasteiger charge is -2.33. The maximum Gasteiger partial charge on any atom is 0.238 e. The van der Waals surface area contributed by atoms with Gasteiger partial charge in [-0.2, -0.15) is 4.98 Å². The summed E-state index contributed by atoms with van der Waals surface area (Å²) in [5.41, 5.74) is 2.19. The molecule has 2 heterocycles. The van der Waals surface area contributed by atoms with Crippen LogP contribution in [-0.4, -0.2) is 76.0 Å². The molecule has 1 aromatic carbocycles. The molecule has 1 saturated carbocycles. The van der Waals surface area contributed by atoms with Gasteiger partial charge >= 0.3 is 0 Å². The van der Waals surface area contributed by atoms with Crippen molar-refractivity contribution >= 4 is 51.9 Å². The maximum atomic E-state index is 12.5. The van der Waals surface area contributed by atoms with E-state index in [-0.39, 0.29) is 24.4 Å². The number of hydrogen-bond acceptors (Lipinski definition) is 10. The first-order valence-electron chi connectivity index (χ1n) is 12.5. The zero-order valence-electron chi connectivity index (χ0n) is 21.4. The molecule has 208 valence electrons. The largest absolute Gasteiger partial charge is 0.760 e. The Morgan fingerprint density at radius 2 is 2.08 bits per heavy atom. The Labute approximate surface area is 229 Å². The molecule has 1 unspecified atom stereocenters. The molecular formula is C24H33ClN7O5S-. The molecule has 0 saturated heterocycles. The minimum absolute atomic E-state index is 0.0124. The van der Waals surface area contributed by atoms with E-state index in [4.69, 9.17) is 21.1 Å². The minimum Gasteiger partial charge on any atom is -0.760 e. The number of hydrogen-bond donors (Lipinski definition) is 4. The van der Waals surface area contributed by atoms with Crippen molar-refractivity contribution in [2.24, 2.45) is 5.92 Å². The summed E-state index contributed by atoms with van der Waals surface area (Å²) in [5.74, 6) is 1.33. The molecule has 1 fully saturated rings. The topological polar surface area (TPSA) is 153 Å². The number of nitrogens with one attached hydrogen (secondary N) is 4. The second-order valence-corrected chi connectivity index (χ2v) is 10.5. The van der Waals surface area contributed by atoms with Gasteiger partial charge in [0.05, 0.1) is 32.1 Å². The highest BCUT2D eigenvalue weighted by Gasteiger charge is 2.26. The maximum absolute atomic E-state index is 12.5. The number of anilines is 4. The SMILES string of the molecule is COCCN1CC(=O)Nc2cc(Nc3ncc(Cl)c(N[C@@H]4CCCC[C@@H]4CNS(=O)[O-])n3)c(OC)cc2C1. The third-order valence-electron chi connectivity index (χ3n) is 6.76. The Morgan fingerprint density at radius 1 is 1.26 bits per heavy atom. The van der Waals surface area contributed by atoms with Gasteiger partial charge in [-0.25, -0.2) is 9.71 Å². The number of fused-ring (bicyclic) bond motifs is 1. The lowest BCUT2D eigenvalue weighted by molar-refractivity contribution is -0.117. The van der Waals surface area contributed by atoms with Gasteiger partial charge in [0.15, 0.2) is 5.82 Å². The van der Waals surface area contributed by atoms with Gasteiger partial charge in [0.1, 0.15) is 10.8 Å². The lowest BCUT2D eigenvalue weighted by Crippen LogP contribution is -2.39. The number of rotatable bonds is 11. The highest BCUT2D eigenvalue weighted by atomic mass is 35.5. The van der Waals surface area contributed by atoms with Crippen LogP contribution in [0.1, 0.15) is 31.2 Å². The van der Waals surface area contributed by atoms with Crippen LogP contribution in [0.25, 0.3) is 0 Å². The molecule has 14 heteroatoms. The van der Waals surface area contributed by atoms with E-state index in [9.17, 15) is 13.6 Å². The molecule has 1 aromatic heterocycles. The molecule has 1 aliphatic carbocycles. The summed E-state index contributed by atoms with van der Waals surface area (Å²) in [6.45, 7) is 2.34. The van der Waals surface area contributed by atoms with Crippen LogP contribution in [0.4, 0.5) is 23.1 Å². The van der Waals surface area contributed by atoms with Gasteiger partial charge in [-0.15, -0.1) is 0 Å². The van der Waals surface area contributed by atoms with E-state index < -0.39 is 11.3 Å². The number of ether oxygens (including phenoxy) is 2. The Kier molecular flexibility index (Phi) is 10.1. The first-order chi connectivity index (χ1) is 18.4. The van der Waals surface area contributed by atoms with E-state index in [1.807, 2.05) is 17.0 Å². The number of halogens is 1. The summed E-state index contributed by atoms with van der Waals surface area (Å²) in [5, 5.41) is 9.90. The summed E-state index contributed by atoms with van der Waals surface area (Å²) < 4.78 is 35.3. The zero-order chi connectivity index (χ0) is 27.1. The molecule has 2 aromatic rings. The summed E-state index contributed by atoms with van der Waals surface area (Å²) in [4.78, 5) is 23.4. The number of carbonyl (C=O) groups excluding carboxylic acids is 1. The van der Waals surface area contributed by atoms with Gasteiger partial charge in [-0.3, -0.25) is 13.9 Å². The Hall–Kier alpha value is -2.55. The molecule has 0 spiro atoms.